The minimum Gasteiger partial charge on any atom is -0.456 e. The van der Waals surface area contributed by atoms with Gasteiger partial charge in [0.25, 0.3) is 5.91 Å². The van der Waals surface area contributed by atoms with Crippen LogP contribution >= 0.6 is 11.8 Å². The van der Waals surface area contributed by atoms with E-state index in [0.717, 1.165) is 10.5 Å². The van der Waals surface area contributed by atoms with Crippen LogP contribution in [0.4, 0.5) is 0 Å². The van der Waals surface area contributed by atoms with Gasteiger partial charge in [0.15, 0.2) is 18.1 Å². The zero-order valence-electron chi connectivity index (χ0n) is 15.0. The Kier molecular flexibility index (Phi) is 6.59. The van der Waals surface area contributed by atoms with Gasteiger partial charge < -0.3 is 19.5 Å². The predicted molar refractivity (Wildman–Crippen MR) is 102 cm³/mol. The molecule has 0 aliphatic carbocycles. The smallest absolute Gasteiger partial charge is 0.307 e. The van der Waals surface area contributed by atoms with Crippen LogP contribution in [0, 0.1) is 6.92 Å². The van der Waals surface area contributed by atoms with Crippen LogP contribution in [0.25, 0.3) is 0 Å². The highest BCUT2D eigenvalue weighted by atomic mass is 32.2. The van der Waals surface area contributed by atoms with E-state index in [-0.39, 0.29) is 31.7 Å². The van der Waals surface area contributed by atoms with E-state index < -0.39 is 0 Å². The molecule has 0 fully saturated rings. The molecule has 27 heavy (non-hydrogen) atoms. The Morgan fingerprint density at radius 1 is 1.11 bits per heavy atom. The Labute approximate surface area is 162 Å². The molecular weight excluding hydrogens is 366 g/mol. The van der Waals surface area contributed by atoms with Crippen LogP contribution in [0.3, 0.4) is 0 Å². The molecule has 2 aromatic carbocycles. The van der Waals surface area contributed by atoms with E-state index in [1.165, 1.54) is 5.56 Å². The molecule has 0 saturated heterocycles. The lowest BCUT2D eigenvalue weighted by Crippen LogP contribution is -2.28. The molecule has 0 unspecified atom stereocenters. The minimum absolute atomic E-state index is 0.212. The van der Waals surface area contributed by atoms with Gasteiger partial charge in [-0.3, -0.25) is 9.59 Å². The van der Waals surface area contributed by atoms with Crippen molar-refractivity contribution in [1.29, 1.82) is 0 Å². The van der Waals surface area contributed by atoms with Gasteiger partial charge in [-0.2, -0.15) is 0 Å². The number of hydrogen-bond donors (Lipinski definition) is 1. The summed E-state index contributed by atoms with van der Waals surface area (Å²) >= 11 is 1.59. The molecule has 7 heteroatoms. The topological polar surface area (TPSA) is 73.9 Å². The molecule has 1 amide bonds. The standard InChI is InChI=1S/C20H21NO5S/c1-14-2-5-16(6-3-14)27-9-8-20(23)24-12-19(22)21-11-15-4-7-17-18(10-15)26-13-25-17/h2-7,10H,8-9,11-13H2,1H3,(H,21,22). The summed E-state index contributed by atoms with van der Waals surface area (Å²) in [7, 11) is 0. The van der Waals surface area contributed by atoms with Crippen molar-refractivity contribution in [3.63, 3.8) is 0 Å². The van der Waals surface area contributed by atoms with Gasteiger partial charge in [0.1, 0.15) is 0 Å². The van der Waals surface area contributed by atoms with E-state index >= 15 is 0 Å². The first-order valence-corrected chi connectivity index (χ1v) is 9.59. The Balaban J connectivity index is 1.31. The van der Waals surface area contributed by atoms with Gasteiger partial charge in [0.05, 0.1) is 6.42 Å². The van der Waals surface area contributed by atoms with E-state index in [1.54, 1.807) is 17.8 Å². The normalized spacial score (nSPS) is 11.9. The van der Waals surface area contributed by atoms with Gasteiger partial charge in [-0.25, -0.2) is 0 Å². The van der Waals surface area contributed by atoms with E-state index in [1.807, 2.05) is 43.3 Å². The van der Waals surface area contributed by atoms with Gasteiger partial charge >= 0.3 is 5.97 Å². The molecule has 142 valence electrons. The molecule has 0 aromatic heterocycles. The molecule has 3 rings (SSSR count). The van der Waals surface area contributed by atoms with Gasteiger partial charge in [-0.15, -0.1) is 11.8 Å². The molecule has 0 saturated carbocycles. The van der Waals surface area contributed by atoms with Crippen molar-refractivity contribution in [2.45, 2.75) is 24.8 Å². The molecule has 2 aromatic rings. The number of amides is 1. The van der Waals surface area contributed by atoms with Crippen molar-refractivity contribution in [2.75, 3.05) is 19.2 Å². The molecule has 1 heterocycles. The second kappa shape index (κ2) is 9.32. The number of fused-ring (bicyclic) bond motifs is 1. The Bertz CT molecular complexity index is 807. The second-order valence-corrected chi connectivity index (χ2v) is 7.20. The predicted octanol–water partition coefficient (Wildman–Crippen LogP) is 3.07. The fraction of sp³-hybridized carbons (Fsp3) is 0.300. The first-order chi connectivity index (χ1) is 13.1. The number of aryl methyl sites for hydroxylation is 1. The molecule has 6 nitrogen and oxygen atoms in total. The van der Waals surface area contributed by atoms with Crippen LogP contribution in [0.2, 0.25) is 0 Å². The number of rotatable bonds is 8. The third kappa shape index (κ3) is 5.92. The number of carbonyl (C=O) groups excluding carboxylic acids is 2. The van der Waals surface area contributed by atoms with Crippen molar-refractivity contribution in [1.82, 2.24) is 5.32 Å². The Morgan fingerprint density at radius 3 is 2.70 bits per heavy atom. The Morgan fingerprint density at radius 2 is 1.89 bits per heavy atom. The summed E-state index contributed by atoms with van der Waals surface area (Å²) in [6, 6.07) is 13.6. The maximum absolute atomic E-state index is 11.8. The van der Waals surface area contributed by atoms with Crippen molar-refractivity contribution < 1.29 is 23.8 Å². The highest BCUT2D eigenvalue weighted by Gasteiger charge is 2.13. The molecule has 1 aliphatic heterocycles. The lowest BCUT2D eigenvalue weighted by molar-refractivity contribution is -0.148. The number of nitrogens with one attached hydrogen (secondary N) is 1. The number of ether oxygens (including phenoxy) is 3. The third-order valence-electron chi connectivity index (χ3n) is 3.89. The Hall–Kier alpha value is -2.67. The lowest BCUT2D eigenvalue weighted by atomic mass is 10.2. The van der Waals surface area contributed by atoms with E-state index in [4.69, 9.17) is 14.2 Å². The zero-order valence-corrected chi connectivity index (χ0v) is 15.8. The number of thioether (sulfide) groups is 1. The molecule has 1 aliphatic rings. The fourth-order valence-corrected chi connectivity index (χ4v) is 3.24. The largest absolute Gasteiger partial charge is 0.456 e. The number of hydrogen-bond acceptors (Lipinski definition) is 6. The molecule has 0 atom stereocenters. The monoisotopic (exact) mass is 387 g/mol. The summed E-state index contributed by atoms with van der Waals surface area (Å²) in [6.07, 6.45) is 0.258. The lowest BCUT2D eigenvalue weighted by Gasteiger charge is -2.07. The van der Waals surface area contributed by atoms with Gasteiger partial charge in [-0.1, -0.05) is 23.8 Å². The SMILES string of the molecule is Cc1ccc(SCCC(=O)OCC(=O)NCc2ccc3c(c2)OCO3)cc1. The molecule has 0 bridgehead atoms. The van der Waals surface area contributed by atoms with Crippen LogP contribution in [-0.2, 0) is 20.9 Å². The van der Waals surface area contributed by atoms with Crippen LogP contribution in [0.15, 0.2) is 47.4 Å². The van der Waals surface area contributed by atoms with Crippen LogP contribution < -0.4 is 14.8 Å². The highest BCUT2D eigenvalue weighted by molar-refractivity contribution is 7.99. The number of carbonyl (C=O) groups is 2. The quantitative estimate of drug-likeness (QED) is 0.554. The summed E-state index contributed by atoms with van der Waals surface area (Å²) in [5.74, 6) is 1.25. The van der Waals surface area contributed by atoms with Crippen molar-refractivity contribution in [2.24, 2.45) is 0 Å². The summed E-state index contributed by atoms with van der Waals surface area (Å²) in [6.45, 7) is 2.29. The molecule has 0 radical (unpaired) electrons. The molecule has 0 spiro atoms. The summed E-state index contributed by atoms with van der Waals surface area (Å²) in [4.78, 5) is 24.7. The third-order valence-corrected chi connectivity index (χ3v) is 4.90. The first-order valence-electron chi connectivity index (χ1n) is 8.60. The van der Waals surface area contributed by atoms with Gasteiger partial charge in [0.2, 0.25) is 6.79 Å². The molecular formula is C20H21NO5S. The fourth-order valence-electron chi connectivity index (χ4n) is 2.41. The summed E-state index contributed by atoms with van der Waals surface area (Å²) in [5.41, 5.74) is 2.08. The van der Waals surface area contributed by atoms with E-state index in [2.05, 4.69) is 5.32 Å². The zero-order chi connectivity index (χ0) is 19.1. The van der Waals surface area contributed by atoms with Crippen LogP contribution in [0.1, 0.15) is 17.5 Å². The first kappa shape index (κ1) is 19.1. The minimum atomic E-state index is -0.382. The van der Waals surface area contributed by atoms with Crippen molar-refractivity contribution >= 4 is 23.6 Å². The maximum Gasteiger partial charge on any atom is 0.307 e. The van der Waals surface area contributed by atoms with Crippen LogP contribution in [-0.4, -0.2) is 31.0 Å². The highest BCUT2D eigenvalue weighted by Crippen LogP contribution is 2.32. The van der Waals surface area contributed by atoms with Crippen molar-refractivity contribution in [3.05, 3.63) is 53.6 Å². The maximum atomic E-state index is 11.8. The van der Waals surface area contributed by atoms with Gasteiger partial charge in [-0.05, 0) is 36.8 Å². The van der Waals surface area contributed by atoms with Gasteiger partial charge in [0, 0.05) is 17.2 Å². The van der Waals surface area contributed by atoms with Crippen molar-refractivity contribution in [3.8, 4) is 11.5 Å². The number of benzene rings is 2. The average molecular weight is 387 g/mol. The summed E-state index contributed by atoms with van der Waals surface area (Å²) < 4.78 is 15.5. The average Bonchev–Trinajstić information content (AvgIpc) is 3.14. The second-order valence-electron chi connectivity index (χ2n) is 6.04. The molecule has 1 N–H and O–H groups in total. The van der Waals surface area contributed by atoms with E-state index in [9.17, 15) is 9.59 Å². The number of esters is 1. The summed E-state index contributed by atoms with van der Waals surface area (Å²) in [5, 5.41) is 2.71. The van der Waals surface area contributed by atoms with E-state index in [0.29, 0.717) is 23.8 Å². The van der Waals surface area contributed by atoms with Crippen LogP contribution in [0.5, 0.6) is 11.5 Å².